The summed E-state index contributed by atoms with van der Waals surface area (Å²) in [5, 5.41) is 0. The third kappa shape index (κ3) is 68.3. The third-order valence-corrected chi connectivity index (χ3v) is 16.6. The van der Waals surface area contributed by atoms with Gasteiger partial charge < -0.3 is 14.2 Å². The molecule has 476 valence electrons. The average Bonchev–Trinajstić information content (AvgIpc) is 3.47. The number of hydrogen-bond acceptors (Lipinski definition) is 6. The van der Waals surface area contributed by atoms with Gasteiger partial charge in [0.05, 0.1) is 0 Å². The van der Waals surface area contributed by atoms with Gasteiger partial charge in [-0.1, -0.05) is 365 Å². The van der Waals surface area contributed by atoms with E-state index in [1.165, 1.54) is 295 Å². The molecule has 0 radical (unpaired) electrons. The first kappa shape index (κ1) is 78.6. The first-order valence-corrected chi connectivity index (χ1v) is 36.5. The Morgan fingerprint density at radius 1 is 0.247 bits per heavy atom. The fraction of sp³-hybridized carbons (Fsp3) is 0.880. The average molecular weight is 1140 g/mol. The summed E-state index contributed by atoms with van der Waals surface area (Å²) in [4.78, 5) is 38.3. The molecule has 0 fully saturated rings. The van der Waals surface area contributed by atoms with Crippen molar-refractivity contribution in [3.63, 3.8) is 0 Å². The Balaban J connectivity index is 4.05. The van der Waals surface area contributed by atoms with Gasteiger partial charge in [-0.15, -0.1) is 0 Å². The third-order valence-electron chi connectivity index (χ3n) is 16.6. The molecule has 0 N–H and O–H groups in total. The number of unbranched alkanes of at least 4 members (excludes halogenated alkanes) is 51. The van der Waals surface area contributed by atoms with Crippen molar-refractivity contribution in [2.24, 2.45) is 0 Å². The smallest absolute Gasteiger partial charge is 0.306 e. The molecule has 0 aliphatic rings. The predicted molar refractivity (Wildman–Crippen MR) is 353 cm³/mol. The fourth-order valence-electron chi connectivity index (χ4n) is 11.2. The molecule has 0 aromatic carbocycles. The topological polar surface area (TPSA) is 78.9 Å². The van der Waals surface area contributed by atoms with Crippen LogP contribution in [0.4, 0.5) is 0 Å². The largest absolute Gasteiger partial charge is 0.462 e. The molecule has 0 amide bonds. The van der Waals surface area contributed by atoms with Crippen LogP contribution >= 0.6 is 0 Å². The van der Waals surface area contributed by atoms with Crippen molar-refractivity contribution in [2.75, 3.05) is 13.2 Å². The quantitative estimate of drug-likeness (QED) is 0.0261. The highest BCUT2D eigenvalue weighted by Crippen LogP contribution is 2.19. The maximum Gasteiger partial charge on any atom is 0.306 e. The summed E-state index contributed by atoms with van der Waals surface area (Å²) < 4.78 is 16.9. The van der Waals surface area contributed by atoms with E-state index in [1.54, 1.807) is 0 Å². The first-order chi connectivity index (χ1) is 40.0. The summed E-state index contributed by atoms with van der Waals surface area (Å²) in [5.41, 5.74) is 0. The van der Waals surface area contributed by atoms with E-state index in [2.05, 4.69) is 57.2 Å². The number of rotatable bonds is 68. The second-order valence-electron chi connectivity index (χ2n) is 24.9. The summed E-state index contributed by atoms with van der Waals surface area (Å²) in [6.45, 7) is 6.67. The molecule has 1 atom stereocenters. The maximum absolute atomic E-state index is 12.9. The predicted octanol–water partition coefficient (Wildman–Crippen LogP) is 25.1. The van der Waals surface area contributed by atoms with Crippen LogP contribution in [0.15, 0.2) is 36.5 Å². The van der Waals surface area contributed by atoms with Gasteiger partial charge in [-0.3, -0.25) is 14.4 Å². The van der Waals surface area contributed by atoms with Crippen molar-refractivity contribution in [3.8, 4) is 0 Å². The highest BCUT2D eigenvalue weighted by atomic mass is 16.6. The van der Waals surface area contributed by atoms with Gasteiger partial charge in [0, 0.05) is 19.3 Å². The lowest BCUT2D eigenvalue weighted by atomic mass is 10.0. The van der Waals surface area contributed by atoms with Gasteiger partial charge in [0.25, 0.3) is 0 Å². The number of carbonyl (C=O) groups excluding carboxylic acids is 3. The standard InChI is InChI=1S/C75H140O6/c1-4-7-10-13-16-19-21-23-25-27-29-31-33-35-36-37-38-39-41-42-44-46-48-50-52-54-56-59-62-65-68-74(77)80-71-72(70-79-73(76)67-64-61-58-18-15-12-9-6-3)81-75(78)69-66-63-60-57-55-53-51-49-47-45-43-40-34-32-30-28-26-24-22-20-17-14-11-8-5-2/h22,24,28,30,34,40,72H,4-21,23,25-27,29,31-33,35-39,41-71H2,1-3H3/b24-22-,30-28-,40-34-. The zero-order valence-electron chi connectivity index (χ0n) is 54.8. The van der Waals surface area contributed by atoms with Gasteiger partial charge in [-0.25, -0.2) is 0 Å². The zero-order valence-corrected chi connectivity index (χ0v) is 54.8. The SMILES string of the molecule is CCCCCCC/C=C\C/C=C\C/C=C\CCCCCCCCCCCCC(=O)OC(COC(=O)CCCCCCCCCC)COC(=O)CCCCCCCCCCCCCCCCCCCCCCCCCCCCCCCC. The van der Waals surface area contributed by atoms with Crippen molar-refractivity contribution < 1.29 is 28.6 Å². The molecule has 0 aromatic heterocycles. The van der Waals surface area contributed by atoms with Gasteiger partial charge in [-0.05, 0) is 57.8 Å². The summed E-state index contributed by atoms with van der Waals surface area (Å²) in [7, 11) is 0. The molecular weight excluding hydrogens is 997 g/mol. The van der Waals surface area contributed by atoms with E-state index in [0.717, 1.165) is 70.6 Å². The molecule has 6 nitrogen and oxygen atoms in total. The van der Waals surface area contributed by atoms with E-state index in [9.17, 15) is 14.4 Å². The molecule has 0 aromatic rings. The van der Waals surface area contributed by atoms with Crippen LogP contribution in [-0.2, 0) is 28.6 Å². The first-order valence-electron chi connectivity index (χ1n) is 36.5. The van der Waals surface area contributed by atoms with E-state index in [0.29, 0.717) is 19.3 Å². The van der Waals surface area contributed by atoms with Crippen LogP contribution in [0.5, 0.6) is 0 Å². The summed E-state index contributed by atoms with van der Waals surface area (Å²) in [6.07, 6.45) is 87.8. The Labute approximate surface area is 506 Å². The maximum atomic E-state index is 12.9. The van der Waals surface area contributed by atoms with E-state index in [-0.39, 0.29) is 31.1 Å². The minimum absolute atomic E-state index is 0.0683. The Morgan fingerprint density at radius 2 is 0.444 bits per heavy atom. The molecular formula is C75H140O6. The fourth-order valence-corrected chi connectivity index (χ4v) is 11.2. The monoisotopic (exact) mass is 1140 g/mol. The summed E-state index contributed by atoms with van der Waals surface area (Å²) in [6, 6.07) is 0. The minimum atomic E-state index is -0.771. The van der Waals surface area contributed by atoms with Gasteiger partial charge >= 0.3 is 17.9 Å². The second kappa shape index (κ2) is 70.1. The van der Waals surface area contributed by atoms with Crippen LogP contribution in [0.3, 0.4) is 0 Å². The van der Waals surface area contributed by atoms with Crippen LogP contribution in [0.25, 0.3) is 0 Å². The Morgan fingerprint density at radius 3 is 0.691 bits per heavy atom. The molecule has 0 rings (SSSR count). The molecule has 1 unspecified atom stereocenters. The lowest BCUT2D eigenvalue weighted by Crippen LogP contribution is -2.30. The zero-order chi connectivity index (χ0) is 58.5. The van der Waals surface area contributed by atoms with Crippen molar-refractivity contribution >= 4 is 17.9 Å². The Bertz CT molecular complexity index is 1350. The Hall–Kier alpha value is -2.37. The number of carbonyl (C=O) groups is 3. The van der Waals surface area contributed by atoms with Gasteiger partial charge in [0.15, 0.2) is 6.10 Å². The van der Waals surface area contributed by atoms with E-state index in [4.69, 9.17) is 14.2 Å². The number of allylic oxidation sites excluding steroid dienone is 6. The molecule has 6 heteroatoms. The van der Waals surface area contributed by atoms with Gasteiger partial charge in [0.1, 0.15) is 13.2 Å². The van der Waals surface area contributed by atoms with Crippen molar-refractivity contribution in [2.45, 2.75) is 412 Å². The molecule has 0 aliphatic heterocycles. The minimum Gasteiger partial charge on any atom is -0.462 e. The summed E-state index contributed by atoms with van der Waals surface area (Å²) in [5.74, 6) is -0.850. The van der Waals surface area contributed by atoms with Crippen molar-refractivity contribution in [1.82, 2.24) is 0 Å². The van der Waals surface area contributed by atoms with Crippen LogP contribution in [0.1, 0.15) is 406 Å². The van der Waals surface area contributed by atoms with Crippen molar-refractivity contribution in [1.29, 1.82) is 0 Å². The van der Waals surface area contributed by atoms with E-state index >= 15 is 0 Å². The molecule has 0 saturated heterocycles. The second-order valence-corrected chi connectivity index (χ2v) is 24.9. The molecule has 81 heavy (non-hydrogen) atoms. The van der Waals surface area contributed by atoms with Crippen LogP contribution in [0.2, 0.25) is 0 Å². The van der Waals surface area contributed by atoms with Crippen LogP contribution in [-0.4, -0.2) is 37.2 Å². The Kier molecular flexibility index (Phi) is 68.1. The van der Waals surface area contributed by atoms with Crippen LogP contribution < -0.4 is 0 Å². The number of ether oxygens (including phenoxy) is 3. The van der Waals surface area contributed by atoms with Gasteiger partial charge in [-0.2, -0.15) is 0 Å². The lowest BCUT2D eigenvalue weighted by molar-refractivity contribution is -0.167. The normalized spacial score (nSPS) is 12.2. The van der Waals surface area contributed by atoms with E-state index in [1.807, 2.05) is 0 Å². The van der Waals surface area contributed by atoms with Crippen LogP contribution in [0, 0.1) is 0 Å². The molecule has 0 saturated carbocycles. The van der Waals surface area contributed by atoms with Crippen molar-refractivity contribution in [3.05, 3.63) is 36.5 Å². The van der Waals surface area contributed by atoms with Gasteiger partial charge in [0.2, 0.25) is 0 Å². The molecule has 0 heterocycles. The number of hydrogen-bond donors (Lipinski definition) is 0. The highest BCUT2D eigenvalue weighted by molar-refractivity contribution is 5.71. The highest BCUT2D eigenvalue weighted by Gasteiger charge is 2.19. The molecule has 0 aliphatic carbocycles. The molecule has 0 spiro atoms. The lowest BCUT2D eigenvalue weighted by Gasteiger charge is -2.18. The number of esters is 3. The van der Waals surface area contributed by atoms with E-state index < -0.39 is 6.10 Å². The summed E-state index contributed by atoms with van der Waals surface area (Å²) >= 11 is 0. The molecule has 0 bridgehead atoms.